The molecule has 1 aliphatic rings. The highest BCUT2D eigenvalue weighted by Crippen LogP contribution is 2.43. The monoisotopic (exact) mass is 382 g/mol. The summed E-state index contributed by atoms with van der Waals surface area (Å²) in [5.41, 5.74) is 8.36. The molecule has 0 saturated heterocycles. The van der Waals surface area contributed by atoms with E-state index in [9.17, 15) is 18.8 Å². The summed E-state index contributed by atoms with van der Waals surface area (Å²) in [6.45, 7) is 2.20. The lowest BCUT2D eigenvalue weighted by molar-refractivity contribution is -0.178. The maximum Gasteiger partial charge on any atom is 0.413 e. The van der Waals surface area contributed by atoms with Gasteiger partial charge in [-0.05, 0) is 24.6 Å². The number of ketones is 2. The number of rotatable bonds is 3. The number of nitrogen functional groups attached to an aromatic ring is 1. The molecule has 142 valence electrons. The van der Waals surface area contributed by atoms with E-state index in [1.165, 1.54) is 6.07 Å². The summed E-state index contributed by atoms with van der Waals surface area (Å²) in [6, 6.07) is 12.4. The highest BCUT2D eigenvalue weighted by Gasteiger charge is 2.57. The van der Waals surface area contributed by atoms with Gasteiger partial charge in [0.2, 0.25) is 5.78 Å². The fourth-order valence-corrected chi connectivity index (χ4v) is 3.42. The zero-order valence-electron chi connectivity index (χ0n) is 14.7. The van der Waals surface area contributed by atoms with Crippen molar-refractivity contribution in [2.24, 2.45) is 0 Å². The van der Waals surface area contributed by atoms with Crippen molar-refractivity contribution in [3.63, 3.8) is 0 Å². The molecular formula is C20H15FN2O5. The zero-order chi connectivity index (χ0) is 20.2. The smallest absolute Gasteiger partial charge is 0.413 e. The summed E-state index contributed by atoms with van der Waals surface area (Å²) in [4.78, 5) is 35.5. The van der Waals surface area contributed by atoms with Gasteiger partial charge in [0.1, 0.15) is 5.75 Å². The van der Waals surface area contributed by atoms with Crippen molar-refractivity contribution in [1.82, 2.24) is 4.57 Å². The number of aromatic nitrogens is 1. The summed E-state index contributed by atoms with van der Waals surface area (Å²) in [5.74, 6) is -9.33. The summed E-state index contributed by atoms with van der Waals surface area (Å²) < 4.78 is 21.5. The van der Waals surface area contributed by atoms with Crippen LogP contribution < -0.4 is 10.5 Å². The van der Waals surface area contributed by atoms with Crippen molar-refractivity contribution in [1.29, 1.82) is 0 Å². The molecule has 4 rings (SSSR count). The van der Waals surface area contributed by atoms with Crippen LogP contribution in [0.5, 0.6) is 5.75 Å². The minimum Gasteiger partial charge on any atom is -0.476 e. The van der Waals surface area contributed by atoms with E-state index >= 15 is 0 Å². The molecule has 2 aromatic carbocycles. The molecule has 28 heavy (non-hydrogen) atoms. The normalized spacial score (nSPS) is 18.8. The highest BCUT2D eigenvalue weighted by atomic mass is 19.2. The molecule has 1 atom stereocenters. The van der Waals surface area contributed by atoms with Crippen LogP contribution in [0.4, 0.5) is 10.1 Å². The number of hydrogen-bond acceptors (Lipinski definition) is 5. The van der Waals surface area contributed by atoms with E-state index < -0.39 is 23.4 Å². The number of carboxylic acids is 1. The van der Waals surface area contributed by atoms with Crippen molar-refractivity contribution in [3.05, 3.63) is 59.3 Å². The van der Waals surface area contributed by atoms with Gasteiger partial charge in [-0.25, -0.2) is 4.79 Å². The molecular weight excluding hydrogens is 367 g/mol. The van der Waals surface area contributed by atoms with Gasteiger partial charge in [-0.1, -0.05) is 30.3 Å². The number of anilines is 1. The molecule has 8 heteroatoms. The number of nitrogens with zero attached hydrogens (tertiary/aromatic N) is 1. The zero-order valence-corrected chi connectivity index (χ0v) is 14.7. The Morgan fingerprint density at radius 1 is 1.21 bits per heavy atom. The van der Waals surface area contributed by atoms with Gasteiger partial charge in [0, 0.05) is 12.2 Å². The van der Waals surface area contributed by atoms with Gasteiger partial charge in [0.15, 0.2) is 0 Å². The summed E-state index contributed by atoms with van der Waals surface area (Å²) >= 11 is 0. The third-order valence-electron chi connectivity index (χ3n) is 4.93. The highest BCUT2D eigenvalue weighted by molar-refractivity contribution is 6.50. The predicted molar refractivity (Wildman–Crippen MR) is 98.1 cm³/mol. The van der Waals surface area contributed by atoms with Crippen LogP contribution in [0, 0.1) is 6.92 Å². The molecule has 7 nitrogen and oxygen atoms in total. The number of aliphatic carboxylic acids is 1. The standard InChI is InChI=1S/C20H15FN2O5/c1-10-15(22)14-13(23(10)9-11-5-3-2-4-6-11)8-7-12-16(24)18(25)20(21,19(26)27)28-17(12)14/h2-8H,9,22H2,1H3,(H,26,27). The Morgan fingerprint density at radius 2 is 1.89 bits per heavy atom. The van der Waals surface area contributed by atoms with Gasteiger partial charge < -0.3 is 20.1 Å². The Kier molecular flexibility index (Phi) is 3.74. The Bertz CT molecular complexity index is 1170. The number of fused-ring (bicyclic) bond motifs is 3. The predicted octanol–water partition coefficient (Wildman–Crippen LogP) is 2.47. The quantitative estimate of drug-likeness (QED) is 0.532. The van der Waals surface area contributed by atoms with E-state index in [-0.39, 0.29) is 22.4 Å². The molecule has 0 saturated carbocycles. The second kappa shape index (κ2) is 5.91. The third kappa shape index (κ3) is 2.31. The van der Waals surface area contributed by atoms with E-state index in [1.54, 1.807) is 13.0 Å². The second-order valence-corrected chi connectivity index (χ2v) is 6.57. The fourth-order valence-electron chi connectivity index (χ4n) is 3.42. The molecule has 3 aromatic rings. The lowest BCUT2D eigenvalue weighted by atomic mass is 9.96. The van der Waals surface area contributed by atoms with E-state index in [2.05, 4.69) is 0 Å². The van der Waals surface area contributed by atoms with Crippen LogP contribution in [-0.2, 0) is 16.1 Å². The average Bonchev–Trinajstić information content (AvgIpc) is 2.92. The third-order valence-corrected chi connectivity index (χ3v) is 4.93. The number of carbonyl (C=O) groups is 3. The van der Waals surface area contributed by atoms with E-state index in [4.69, 9.17) is 15.6 Å². The van der Waals surface area contributed by atoms with E-state index in [0.29, 0.717) is 17.8 Å². The van der Waals surface area contributed by atoms with Crippen LogP contribution >= 0.6 is 0 Å². The van der Waals surface area contributed by atoms with Crippen LogP contribution in [-0.4, -0.2) is 33.1 Å². The number of benzene rings is 2. The van der Waals surface area contributed by atoms with Gasteiger partial charge in [-0.2, -0.15) is 4.39 Å². The molecule has 1 aromatic heterocycles. The molecule has 1 aliphatic heterocycles. The first kappa shape index (κ1) is 17.7. The lowest BCUT2D eigenvalue weighted by Crippen LogP contribution is -2.53. The number of halogens is 1. The molecule has 1 unspecified atom stereocenters. The molecule has 2 heterocycles. The molecule has 0 aliphatic carbocycles. The largest absolute Gasteiger partial charge is 0.476 e. The maximum absolute atomic E-state index is 14.7. The van der Waals surface area contributed by atoms with Gasteiger partial charge in [-0.3, -0.25) is 9.59 Å². The minimum atomic E-state index is -3.78. The van der Waals surface area contributed by atoms with E-state index in [0.717, 1.165) is 5.56 Å². The number of hydrogen-bond donors (Lipinski definition) is 2. The fraction of sp³-hybridized carbons (Fsp3) is 0.150. The number of ether oxygens (including phenoxy) is 1. The first-order chi connectivity index (χ1) is 13.3. The van der Waals surface area contributed by atoms with Gasteiger partial charge in [0.05, 0.1) is 22.2 Å². The lowest BCUT2D eigenvalue weighted by Gasteiger charge is -2.26. The number of nitrogens with two attached hydrogens (primary N) is 1. The molecule has 0 bridgehead atoms. The second-order valence-electron chi connectivity index (χ2n) is 6.57. The van der Waals surface area contributed by atoms with Crippen LogP contribution in [0.15, 0.2) is 42.5 Å². The van der Waals surface area contributed by atoms with Crippen molar-refractivity contribution < 1.29 is 28.6 Å². The van der Waals surface area contributed by atoms with Crippen molar-refractivity contribution >= 4 is 34.1 Å². The maximum atomic E-state index is 14.7. The number of carboxylic acid groups (broad SMARTS) is 1. The van der Waals surface area contributed by atoms with Crippen molar-refractivity contribution in [3.8, 4) is 5.75 Å². The van der Waals surface area contributed by atoms with Gasteiger partial charge in [0.25, 0.3) is 5.78 Å². The first-order valence-corrected chi connectivity index (χ1v) is 8.41. The van der Waals surface area contributed by atoms with Crippen LogP contribution in [0.2, 0.25) is 0 Å². The average molecular weight is 382 g/mol. The molecule has 0 radical (unpaired) electrons. The van der Waals surface area contributed by atoms with Crippen molar-refractivity contribution in [2.45, 2.75) is 19.3 Å². The summed E-state index contributed by atoms with van der Waals surface area (Å²) in [5, 5.41) is 9.30. The molecule has 3 N–H and O–H groups in total. The number of carbonyl (C=O) groups excluding carboxylic acids is 2. The Hall–Kier alpha value is -3.68. The van der Waals surface area contributed by atoms with Crippen LogP contribution in [0.3, 0.4) is 0 Å². The Labute approximate surface area is 158 Å². The van der Waals surface area contributed by atoms with E-state index in [1.807, 2.05) is 34.9 Å². The van der Waals surface area contributed by atoms with Crippen LogP contribution in [0.1, 0.15) is 21.6 Å². The SMILES string of the molecule is Cc1c(N)c2c3c(ccc2n1Cc1ccccc1)C(=O)C(=O)C(F)(C(=O)O)O3. The molecule has 0 amide bonds. The minimum absolute atomic E-state index is 0.204. The van der Waals surface area contributed by atoms with Crippen molar-refractivity contribution in [2.75, 3.05) is 5.73 Å². The Morgan fingerprint density at radius 3 is 2.54 bits per heavy atom. The van der Waals surface area contributed by atoms with Crippen LogP contribution in [0.25, 0.3) is 10.9 Å². The topological polar surface area (TPSA) is 112 Å². The number of alkyl halides is 1. The molecule has 0 fully saturated rings. The van der Waals surface area contributed by atoms with Gasteiger partial charge in [-0.15, -0.1) is 0 Å². The Balaban J connectivity index is 1.96. The summed E-state index contributed by atoms with van der Waals surface area (Å²) in [7, 11) is 0. The molecule has 0 spiro atoms. The first-order valence-electron chi connectivity index (χ1n) is 8.41. The van der Waals surface area contributed by atoms with Gasteiger partial charge >= 0.3 is 11.8 Å². The summed E-state index contributed by atoms with van der Waals surface area (Å²) in [6.07, 6.45) is 0. The number of Topliss-reactive ketones (excluding diaryl/α,β-unsaturated/α-hetero) is 2.